The maximum absolute atomic E-state index is 11.9. The minimum Gasteiger partial charge on any atom is -0.379 e. The normalized spacial score (nSPS) is 24.7. The summed E-state index contributed by atoms with van der Waals surface area (Å²) in [5.74, 6) is -0.874. The summed E-state index contributed by atoms with van der Waals surface area (Å²) in [6, 6.07) is 0.325. The quantitative estimate of drug-likeness (QED) is 0.209. The molecule has 3 saturated heterocycles. The highest BCUT2D eigenvalue weighted by Gasteiger charge is 2.42. The number of urea groups is 1. The molecule has 3 rings (SSSR count). The molecule has 0 spiro atoms. The predicted molar refractivity (Wildman–Crippen MR) is 110 cm³/mol. The zero-order valence-electron chi connectivity index (χ0n) is 17.2. The summed E-state index contributed by atoms with van der Waals surface area (Å²) in [6.07, 6.45) is 3.11. The van der Waals surface area contributed by atoms with Crippen molar-refractivity contribution < 1.29 is 33.5 Å². The van der Waals surface area contributed by atoms with E-state index in [-0.39, 0.29) is 56.5 Å². The van der Waals surface area contributed by atoms with Gasteiger partial charge in [-0.3, -0.25) is 14.4 Å². The number of hydrogen-bond acceptors (Lipinski definition) is 8. The van der Waals surface area contributed by atoms with Gasteiger partial charge in [-0.15, -0.1) is 5.06 Å². The highest BCUT2D eigenvalue weighted by molar-refractivity contribution is 8.00. The van der Waals surface area contributed by atoms with Crippen LogP contribution in [-0.4, -0.2) is 77.6 Å². The minimum absolute atomic E-state index is 0.0538. The first-order valence-electron chi connectivity index (χ1n) is 10.5. The molecule has 3 fully saturated rings. The third-order valence-corrected chi connectivity index (χ3v) is 6.81. The van der Waals surface area contributed by atoms with Crippen LogP contribution in [0.15, 0.2) is 0 Å². The SMILES string of the molecule is O=C(CCCC[C@H]1SC[C@H]2NC(=O)N[C@H]21)NCCOCCC(=O)ON1C(=O)CCC1=O. The number of nitrogens with one attached hydrogen (secondary N) is 3. The van der Waals surface area contributed by atoms with Crippen molar-refractivity contribution in [1.82, 2.24) is 21.0 Å². The fourth-order valence-electron chi connectivity index (χ4n) is 3.69. The van der Waals surface area contributed by atoms with E-state index in [4.69, 9.17) is 9.57 Å². The number of hydrogen-bond donors (Lipinski definition) is 3. The van der Waals surface area contributed by atoms with E-state index >= 15 is 0 Å². The number of hydroxylamine groups is 2. The molecule has 12 heteroatoms. The zero-order valence-corrected chi connectivity index (χ0v) is 18.0. The van der Waals surface area contributed by atoms with Crippen LogP contribution in [0.1, 0.15) is 44.9 Å². The molecule has 0 saturated carbocycles. The smallest absolute Gasteiger partial charge is 0.335 e. The van der Waals surface area contributed by atoms with Crippen LogP contribution in [0.2, 0.25) is 0 Å². The molecule has 0 aromatic carbocycles. The molecule has 0 bridgehead atoms. The second-order valence-corrected chi connectivity index (χ2v) is 8.90. The van der Waals surface area contributed by atoms with Gasteiger partial charge in [0.1, 0.15) is 0 Å². The molecule has 3 heterocycles. The van der Waals surface area contributed by atoms with Gasteiger partial charge in [0, 0.05) is 36.8 Å². The molecule has 0 unspecified atom stereocenters. The Kier molecular flexibility index (Phi) is 8.52. The number of ether oxygens (including phenoxy) is 1. The van der Waals surface area contributed by atoms with Crippen LogP contribution in [0.25, 0.3) is 0 Å². The maximum Gasteiger partial charge on any atom is 0.335 e. The summed E-state index contributed by atoms with van der Waals surface area (Å²) >= 11 is 1.86. The Labute approximate surface area is 184 Å². The largest absolute Gasteiger partial charge is 0.379 e. The predicted octanol–water partition coefficient (Wildman–Crippen LogP) is -0.158. The molecule has 3 aliphatic rings. The van der Waals surface area contributed by atoms with Crippen LogP contribution in [-0.2, 0) is 28.8 Å². The van der Waals surface area contributed by atoms with Gasteiger partial charge in [-0.2, -0.15) is 11.8 Å². The number of rotatable bonds is 12. The molecule has 3 N–H and O–H groups in total. The number of unbranched alkanes of at least 4 members (excludes halogenated alkanes) is 1. The summed E-state index contributed by atoms with van der Waals surface area (Å²) in [6.45, 7) is 0.642. The fraction of sp³-hybridized carbons (Fsp3) is 0.737. The molecule has 3 atom stereocenters. The van der Waals surface area contributed by atoms with Gasteiger partial charge in [0.15, 0.2) is 0 Å². The number of nitrogens with zero attached hydrogens (tertiary/aromatic N) is 1. The average Bonchev–Trinajstić information content (AvgIpc) is 3.38. The Morgan fingerprint density at radius 2 is 1.84 bits per heavy atom. The summed E-state index contributed by atoms with van der Waals surface area (Å²) in [7, 11) is 0. The summed E-state index contributed by atoms with van der Waals surface area (Å²) < 4.78 is 5.27. The van der Waals surface area contributed by atoms with Gasteiger partial charge in [-0.1, -0.05) is 6.42 Å². The summed E-state index contributed by atoms with van der Waals surface area (Å²) in [5, 5.41) is 9.55. The maximum atomic E-state index is 11.9. The molecule has 0 aromatic rings. The van der Waals surface area contributed by atoms with Crippen LogP contribution >= 0.6 is 11.8 Å². The van der Waals surface area contributed by atoms with Crippen molar-refractivity contribution in [2.24, 2.45) is 0 Å². The molecule has 5 amide bonds. The van der Waals surface area contributed by atoms with E-state index in [1.165, 1.54) is 0 Å². The molecule has 31 heavy (non-hydrogen) atoms. The van der Waals surface area contributed by atoms with E-state index in [0.717, 1.165) is 25.0 Å². The second-order valence-electron chi connectivity index (χ2n) is 7.63. The molecule has 0 radical (unpaired) electrons. The first-order chi connectivity index (χ1) is 14.9. The van der Waals surface area contributed by atoms with E-state index in [0.29, 0.717) is 23.3 Å². The lowest BCUT2D eigenvalue weighted by Gasteiger charge is -2.16. The second kappa shape index (κ2) is 11.3. The van der Waals surface area contributed by atoms with E-state index in [2.05, 4.69) is 16.0 Å². The third-order valence-electron chi connectivity index (χ3n) is 5.30. The molecular weight excluding hydrogens is 428 g/mol. The van der Waals surface area contributed by atoms with Gasteiger partial charge in [0.25, 0.3) is 11.8 Å². The van der Waals surface area contributed by atoms with Crippen molar-refractivity contribution >= 4 is 41.5 Å². The highest BCUT2D eigenvalue weighted by atomic mass is 32.2. The van der Waals surface area contributed by atoms with Crippen molar-refractivity contribution in [3.8, 4) is 0 Å². The van der Waals surface area contributed by atoms with Gasteiger partial charge in [-0.05, 0) is 12.8 Å². The van der Waals surface area contributed by atoms with Crippen LogP contribution in [0.5, 0.6) is 0 Å². The van der Waals surface area contributed by atoms with Crippen molar-refractivity contribution in [3.05, 3.63) is 0 Å². The number of fused-ring (bicyclic) bond motifs is 1. The lowest BCUT2D eigenvalue weighted by atomic mass is 10.0. The highest BCUT2D eigenvalue weighted by Crippen LogP contribution is 2.33. The molecule has 0 aliphatic carbocycles. The van der Waals surface area contributed by atoms with Gasteiger partial charge in [-0.25, -0.2) is 9.59 Å². The lowest BCUT2D eigenvalue weighted by Crippen LogP contribution is -2.36. The Morgan fingerprint density at radius 1 is 1.06 bits per heavy atom. The van der Waals surface area contributed by atoms with E-state index in [9.17, 15) is 24.0 Å². The van der Waals surface area contributed by atoms with Gasteiger partial charge >= 0.3 is 12.0 Å². The Bertz CT molecular complexity index is 703. The summed E-state index contributed by atoms with van der Waals surface area (Å²) in [4.78, 5) is 62.3. The Balaban J connectivity index is 1.15. The van der Waals surface area contributed by atoms with E-state index < -0.39 is 17.8 Å². The van der Waals surface area contributed by atoms with Crippen molar-refractivity contribution in [2.75, 3.05) is 25.5 Å². The zero-order chi connectivity index (χ0) is 22.2. The number of thioether (sulfide) groups is 1. The van der Waals surface area contributed by atoms with Gasteiger partial charge in [0.2, 0.25) is 5.91 Å². The Hall–Kier alpha value is -2.34. The van der Waals surface area contributed by atoms with Crippen molar-refractivity contribution in [2.45, 2.75) is 62.3 Å². The van der Waals surface area contributed by atoms with Crippen molar-refractivity contribution in [1.29, 1.82) is 0 Å². The number of carbonyl (C=O) groups is 5. The average molecular weight is 457 g/mol. The van der Waals surface area contributed by atoms with Crippen LogP contribution in [0, 0.1) is 0 Å². The molecule has 0 aromatic heterocycles. The summed E-state index contributed by atoms with van der Waals surface area (Å²) in [5.41, 5.74) is 0. The van der Waals surface area contributed by atoms with E-state index in [1.54, 1.807) is 0 Å². The topological polar surface area (TPSA) is 143 Å². The molecule has 11 nitrogen and oxygen atoms in total. The van der Waals surface area contributed by atoms with Gasteiger partial charge < -0.3 is 25.5 Å². The number of imide groups is 1. The van der Waals surface area contributed by atoms with Crippen LogP contribution in [0.3, 0.4) is 0 Å². The lowest BCUT2D eigenvalue weighted by molar-refractivity contribution is -0.198. The van der Waals surface area contributed by atoms with Crippen molar-refractivity contribution in [3.63, 3.8) is 0 Å². The van der Waals surface area contributed by atoms with Crippen LogP contribution in [0.4, 0.5) is 4.79 Å². The molecule has 172 valence electrons. The monoisotopic (exact) mass is 456 g/mol. The molecular formula is C19H28N4O7S. The fourth-order valence-corrected chi connectivity index (χ4v) is 5.23. The molecule has 3 aliphatic heterocycles. The van der Waals surface area contributed by atoms with Crippen LogP contribution < -0.4 is 16.0 Å². The standard InChI is InChI=1S/C19H28N4O7S/c24-14(4-2-1-3-13-18-12(11-31-13)21-19(28)22-18)20-8-10-29-9-7-17(27)30-23-15(25)5-6-16(23)26/h12-13,18H,1-11H2,(H,20,24)(H2,21,22,28)/t12-,13-,18-/m1/s1. The Morgan fingerprint density at radius 3 is 2.61 bits per heavy atom. The van der Waals surface area contributed by atoms with E-state index in [1.807, 2.05) is 11.8 Å². The third kappa shape index (κ3) is 6.82. The number of carbonyl (C=O) groups excluding carboxylic acids is 5. The first kappa shape index (κ1) is 23.3. The number of amides is 5. The minimum atomic E-state index is -0.715. The first-order valence-corrected chi connectivity index (χ1v) is 11.6. The van der Waals surface area contributed by atoms with Gasteiger partial charge in [0.05, 0.1) is 31.7 Å².